The first kappa shape index (κ1) is 15.0. The van der Waals surface area contributed by atoms with E-state index in [0.717, 1.165) is 26.2 Å². The molecular weight excluding hydrogens is 252 g/mol. The van der Waals surface area contributed by atoms with Crippen molar-refractivity contribution in [3.63, 3.8) is 0 Å². The summed E-state index contributed by atoms with van der Waals surface area (Å²) >= 11 is 0. The fourth-order valence-corrected chi connectivity index (χ4v) is 2.82. The van der Waals surface area contributed by atoms with Crippen LogP contribution in [0.1, 0.15) is 26.2 Å². The molecule has 1 aliphatic rings. The van der Waals surface area contributed by atoms with E-state index in [1.165, 1.54) is 12.8 Å². The van der Waals surface area contributed by atoms with Crippen molar-refractivity contribution in [3.8, 4) is 0 Å². The maximum Gasteiger partial charge on any atom is 0.222 e. The summed E-state index contributed by atoms with van der Waals surface area (Å²) < 4.78 is 1.86. The first-order valence-corrected chi connectivity index (χ1v) is 7.59. The highest BCUT2D eigenvalue weighted by molar-refractivity contribution is 5.76. The van der Waals surface area contributed by atoms with Gasteiger partial charge in [0.05, 0.1) is 6.54 Å². The van der Waals surface area contributed by atoms with Crippen molar-refractivity contribution in [2.45, 2.75) is 32.7 Å². The number of aromatic nitrogens is 2. The lowest BCUT2D eigenvalue weighted by Gasteiger charge is -2.29. The van der Waals surface area contributed by atoms with E-state index in [4.69, 9.17) is 0 Å². The topological polar surface area (TPSA) is 50.2 Å². The Kier molecular flexibility index (Phi) is 5.59. The molecule has 0 bridgehead atoms. The van der Waals surface area contributed by atoms with Crippen LogP contribution in [-0.4, -0.2) is 47.3 Å². The molecule has 1 unspecified atom stereocenters. The van der Waals surface area contributed by atoms with Crippen LogP contribution in [0.5, 0.6) is 0 Å². The smallest absolute Gasteiger partial charge is 0.222 e. The Morgan fingerprint density at radius 2 is 2.25 bits per heavy atom. The summed E-state index contributed by atoms with van der Waals surface area (Å²) in [5, 5.41) is 7.53. The summed E-state index contributed by atoms with van der Waals surface area (Å²) in [5.74, 6) is 1.43. The summed E-state index contributed by atoms with van der Waals surface area (Å²) in [6, 6.07) is 1.90. The molecule has 1 aromatic rings. The molecule has 5 nitrogen and oxygen atoms in total. The molecule has 0 aliphatic carbocycles. The second kappa shape index (κ2) is 7.43. The van der Waals surface area contributed by atoms with Crippen LogP contribution in [0.3, 0.4) is 0 Å². The van der Waals surface area contributed by atoms with Crippen LogP contribution in [0, 0.1) is 11.8 Å². The summed E-state index contributed by atoms with van der Waals surface area (Å²) in [4.78, 5) is 14.1. The second-order valence-corrected chi connectivity index (χ2v) is 5.85. The Bertz CT molecular complexity index is 398. The monoisotopic (exact) mass is 278 g/mol. The van der Waals surface area contributed by atoms with Gasteiger partial charge in [-0.2, -0.15) is 5.10 Å². The quantitative estimate of drug-likeness (QED) is 0.855. The molecule has 5 heteroatoms. The minimum atomic E-state index is 0.253. The number of hydrogen-bond donors (Lipinski definition) is 1. The lowest BCUT2D eigenvalue weighted by atomic mass is 9.84. The highest BCUT2D eigenvalue weighted by Crippen LogP contribution is 2.24. The molecule has 1 atom stereocenters. The molecule has 0 aromatic carbocycles. The zero-order chi connectivity index (χ0) is 14.4. The number of carbonyl (C=O) groups is 1. The molecule has 1 aliphatic heterocycles. The minimum absolute atomic E-state index is 0.253. The van der Waals surface area contributed by atoms with E-state index in [0.29, 0.717) is 18.3 Å². The molecule has 1 fully saturated rings. The van der Waals surface area contributed by atoms with Gasteiger partial charge >= 0.3 is 0 Å². The zero-order valence-corrected chi connectivity index (χ0v) is 12.6. The van der Waals surface area contributed by atoms with Gasteiger partial charge in [-0.15, -0.1) is 0 Å². The van der Waals surface area contributed by atoms with Crippen molar-refractivity contribution in [2.75, 3.05) is 26.7 Å². The van der Waals surface area contributed by atoms with Crippen molar-refractivity contribution in [1.82, 2.24) is 20.0 Å². The predicted octanol–water partition coefficient (Wildman–Crippen LogP) is 1.37. The fourth-order valence-electron chi connectivity index (χ4n) is 2.82. The van der Waals surface area contributed by atoms with Crippen molar-refractivity contribution in [1.29, 1.82) is 0 Å². The molecule has 2 rings (SSSR count). The van der Waals surface area contributed by atoms with Crippen molar-refractivity contribution in [2.24, 2.45) is 11.8 Å². The lowest BCUT2D eigenvalue weighted by molar-refractivity contribution is -0.131. The summed E-state index contributed by atoms with van der Waals surface area (Å²) in [6.45, 7) is 5.89. The van der Waals surface area contributed by atoms with Gasteiger partial charge < -0.3 is 10.2 Å². The first-order chi connectivity index (χ1) is 9.66. The van der Waals surface area contributed by atoms with Crippen LogP contribution in [0.4, 0.5) is 0 Å². The van der Waals surface area contributed by atoms with Gasteiger partial charge in [-0.05, 0) is 43.8 Å². The number of hydrogen-bond acceptors (Lipinski definition) is 3. The molecule has 0 saturated carbocycles. The van der Waals surface area contributed by atoms with Crippen LogP contribution < -0.4 is 5.32 Å². The molecule has 1 saturated heterocycles. The molecule has 2 heterocycles. The molecule has 1 N–H and O–H groups in total. The molecule has 112 valence electrons. The Morgan fingerprint density at radius 3 is 2.90 bits per heavy atom. The van der Waals surface area contributed by atoms with Gasteiger partial charge in [0.1, 0.15) is 0 Å². The van der Waals surface area contributed by atoms with Crippen LogP contribution in [-0.2, 0) is 11.3 Å². The number of carbonyl (C=O) groups excluding carboxylic acids is 1. The molecule has 0 radical (unpaired) electrons. The molecular formula is C15H26N4O. The van der Waals surface area contributed by atoms with Crippen LogP contribution in [0.15, 0.2) is 18.5 Å². The van der Waals surface area contributed by atoms with Gasteiger partial charge in [0.15, 0.2) is 0 Å². The molecule has 1 amide bonds. The van der Waals surface area contributed by atoms with Gasteiger partial charge in [-0.1, -0.05) is 6.92 Å². The SMILES string of the molecule is CC(CC(=O)N(C)CCn1cccn1)C1CCNCC1. The Balaban J connectivity index is 1.72. The molecule has 0 spiro atoms. The second-order valence-electron chi connectivity index (χ2n) is 5.85. The van der Waals surface area contributed by atoms with Crippen LogP contribution in [0.2, 0.25) is 0 Å². The molecule has 1 aromatic heterocycles. The average molecular weight is 278 g/mol. The Labute approximate surface area is 121 Å². The van der Waals surface area contributed by atoms with Gasteiger partial charge in [0.25, 0.3) is 0 Å². The highest BCUT2D eigenvalue weighted by Gasteiger charge is 2.23. The summed E-state index contributed by atoms with van der Waals surface area (Å²) in [7, 11) is 1.89. The fraction of sp³-hybridized carbons (Fsp3) is 0.733. The number of nitrogens with one attached hydrogen (secondary N) is 1. The summed E-state index contributed by atoms with van der Waals surface area (Å²) in [5.41, 5.74) is 0. The van der Waals surface area contributed by atoms with Crippen LogP contribution in [0.25, 0.3) is 0 Å². The normalized spacial score (nSPS) is 17.9. The number of likely N-dealkylation sites (N-methyl/N-ethyl adjacent to an activating group) is 1. The third-order valence-electron chi connectivity index (χ3n) is 4.33. The lowest BCUT2D eigenvalue weighted by Crippen LogP contribution is -2.35. The molecule has 20 heavy (non-hydrogen) atoms. The maximum absolute atomic E-state index is 12.2. The van der Waals surface area contributed by atoms with Crippen molar-refractivity contribution in [3.05, 3.63) is 18.5 Å². The van der Waals surface area contributed by atoms with E-state index < -0.39 is 0 Å². The highest BCUT2D eigenvalue weighted by atomic mass is 16.2. The number of nitrogens with zero attached hydrogens (tertiary/aromatic N) is 3. The Hall–Kier alpha value is -1.36. The zero-order valence-electron chi connectivity index (χ0n) is 12.6. The van der Waals surface area contributed by atoms with E-state index >= 15 is 0 Å². The van der Waals surface area contributed by atoms with Crippen molar-refractivity contribution < 1.29 is 4.79 Å². The first-order valence-electron chi connectivity index (χ1n) is 7.59. The summed E-state index contributed by atoms with van der Waals surface area (Å²) in [6.07, 6.45) is 6.76. The standard InChI is InChI=1S/C15H26N4O/c1-13(14-4-7-16-8-5-14)12-15(20)18(2)10-11-19-9-3-6-17-19/h3,6,9,13-14,16H,4-5,7-8,10-12H2,1-2H3. The number of piperidine rings is 1. The van der Waals surface area contributed by atoms with Crippen LogP contribution >= 0.6 is 0 Å². The van der Waals surface area contributed by atoms with Crippen molar-refractivity contribution >= 4 is 5.91 Å². The van der Waals surface area contributed by atoms with E-state index in [2.05, 4.69) is 17.3 Å². The van der Waals surface area contributed by atoms with Gasteiger partial charge in [0.2, 0.25) is 5.91 Å². The average Bonchev–Trinajstić information content (AvgIpc) is 2.98. The predicted molar refractivity (Wildman–Crippen MR) is 79.2 cm³/mol. The third-order valence-corrected chi connectivity index (χ3v) is 4.33. The number of amides is 1. The van der Waals surface area contributed by atoms with Gasteiger partial charge in [-0.25, -0.2) is 0 Å². The minimum Gasteiger partial charge on any atom is -0.344 e. The van der Waals surface area contributed by atoms with E-state index in [-0.39, 0.29) is 5.91 Å². The third kappa shape index (κ3) is 4.34. The maximum atomic E-state index is 12.2. The Morgan fingerprint density at radius 1 is 1.50 bits per heavy atom. The van der Waals surface area contributed by atoms with Gasteiger partial charge in [-0.3, -0.25) is 9.48 Å². The van der Waals surface area contributed by atoms with E-state index in [1.54, 1.807) is 6.20 Å². The van der Waals surface area contributed by atoms with Gasteiger partial charge in [0, 0.05) is 32.4 Å². The number of rotatable bonds is 6. The van der Waals surface area contributed by atoms with E-state index in [9.17, 15) is 4.79 Å². The largest absolute Gasteiger partial charge is 0.344 e. The van der Waals surface area contributed by atoms with E-state index in [1.807, 2.05) is 28.9 Å².